The zero-order chi connectivity index (χ0) is 44.8. The van der Waals surface area contributed by atoms with Crippen molar-refractivity contribution in [1.82, 2.24) is 33.9 Å². The molecule has 0 unspecified atom stereocenters. The third-order valence-corrected chi connectivity index (χ3v) is 13.6. The molecule has 9 rings (SSSR count). The number of aryl methyl sites for hydroxylation is 1. The molecule has 0 atom stereocenters. The van der Waals surface area contributed by atoms with Crippen LogP contribution in [0.3, 0.4) is 0 Å². The number of fused-ring (bicyclic) bond motifs is 2. The molecule has 2 aromatic heterocycles. The third-order valence-electron chi connectivity index (χ3n) is 12.7. The van der Waals surface area contributed by atoms with Gasteiger partial charge in [-0.15, -0.1) is 0 Å². The first-order valence-electron chi connectivity index (χ1n) is 22.0. The minimum absolute atomic E-state index is 0.0602. The van der Waals surface area contributed by atoms with Crippen LogP contribution in [-0.4, -0.2) is 79.7 Å². The molecule has 4 fully saturated rings. The van der Waals surface area contributed by atoms with Gasteiger partial charge in [0.1, 0.15) is 23.2 Å². The Bertz CT molecular complexity index is 2550. The van der Waals surface area contributed by atoms with E-state index in [1.54, 1.807) is 46.9 Å². The van der Waals surface area contributed by atoms with Gasteiger partial charge in [0.25, 0.3) is 5.56 Å². The highest BCUT2D eigenvalue weighted by Gasteiger charge is 2.47. The largest absolute Gasteiger partial charge is 0.453 e. The van der Waals surface area contributed by atoms with Crippen molar-refractivity contribution < 1.29 is 23.1 Å². The molecule has 14 nitrogen and oxygen atoms in total. The van der Waals surface area contributed by atoms with Crippen molar-refractivity contribution in [1.29, 1.82) is 5.26 Å². The maximum atomic E-state index is 14.9. The van der Waals surface area contributed by atoms with Crippen LogP contribution in [0.2, 0.25) is 0 Å². The Balaban J connectivity index is 0.000000236. The molecule has 4 heterocycles. The van der Waals surface area contributed by atoms with Crippen LogP contribution in [-0.2, 0) is 11.8 Å². The second-order valence-electron chi connectivity index (χ2n) is 16.5. The van der Waals surface area contributed by atoms with Crippen LogP contribution in [0.4, 0.5) is 25.1 Å². The fourth-order valence-corrected chi connectivity index (χ4v) is 9.69. The minimum atomic E-state index is -0.649. The van der Waals surface area contributed by atoms with Gasteiger partial charge in [0.2, 0.25) is 5.91 Å². The smallest absolute Gasteiger partial charge is 0.329 e. The summed E-state index contributed by atoms with van der Waals surface area (Å²) in [5.74, 6) is -0.884. The fourth-order valence-electron chi connectivity index (χ4n) is 9.14. The van der Waals surface area contributed by atoms with E-state index in [-0.39, 0.29) is 47.5 Å². The van der Waals surface area contributed by atoms with Crippen LogP contribution in [0.1, 0.15) is 96.6 Å². The predicted octanol–water partition coefficient (Wildman–Crippen LogP) is 9.06. The number of ether oxygens (including phenoxy) is 1. The van der Waals surface area contributed by atoms with Crippen LogP contribution >= 0.6 is 12.1 Å². The highest BCUT2D eigenvalue weighted by molar-refractivity contribution is 7.98. The second kappa shape index (κ2) is 19.9. The summed E-state index contributed by atoms with van der Waals surface area (Å²) < 4.78 is 42.5. The Morgan fingerprint density at radius 1 is 0.984 bits per heavy atom. The lowest BCUT2D eigenvalue weighted by Crippen LogP contribution is -2.51. The number of likely N-dealkylation sites (tertiary alicyclic amines) is 1. The average molecular weight is 883 g/mol. The fraction of sp³-hybridized carbons (Fsp3) is 0.478. The number of benzene rings is 3. The lowest BCUT2D eigenvalue weighted by Gasteiger charge is -2.53. The van der Waals surface area contributed by atoms with Crippen molar-refractivity contribution >= 4 is 57.4 Å². The number of halogens is 2. The molecule has 2 aliphatic carbocycles. The van der Waals surface area contributed by atoms with E-state index in [9.17, 15) is 28.4 Å². The molecule has 17 heteroatoms. The van der Waals surface area contributed by atoms with Crippen LogP contribution in [0.5, 0.6) is 11.5 Å². The van der Waals surface area contributed by atoms with Gasteiger partial charge in [-0.1, -0.05) is 40.0 Å². The van der Waals surface area contributed by atoms with E-state index in [2.05, 4.69) is 31.1 Å². The van der Waals surface area contributed by atoms with Crippen LogP contribution in [0.15, 0.2) is 59.7 Å². The molecule has 2 aliphatic heterocycles. The quantitative estimate of drug-likeness (QED) is 0.136. The maximum Gasteiger partial charge on any atom is 0.329 e. The molecule has 4 aliphatic rings. The summed E-state index contributed by atoms with van der Waals surface area (Å²) in [6, 6.07) is 14.5. The van der Waals surface area contributed by atoms with E-state index in [1.165, 1.54) is 99.3 Å². The molecule has 0 radical (unpaired) electrons. The Kier molecular flexibility index (Phi) is 14.3. The van der Waals surface area contributed by atoms with Crippen molar-refractivity contribution in [2.24, 2.45) is 12.5 Å². The van der Waals surface area contributed by atoms with Gasteiger partial charge in [0.15, 0.2) is 17.4 Å². The molecule has 5 aromatic rings. The second-order valence-corrected chi connectivity index (χ2v) is 17.5. The first kappa shape index (κ1) is 45.5. The summed E-state index contributed by atoms with van der Waals surface area (Å²) in [5, 5.41) is 17.3. The number of amides is 3. The van der Waals surface area contributed by atoms with Crippen molar-refractivity contribution in [3.8, 4) is 17.6 Å². The first-order valence-corrected chi connectivity index (χ1v) is 22.8. The number of hydrogen-bond acceptors (Lipinski definition) is 11. The topological polar surface area (TPSA) is 154 Å². The molecule has 2 saturated heterocycles. The molecule has 1 spiro atoms. The van der Waals surface area contributed by atoms with Crippen molar-refractivity contribution in [2.45, 2.75) is 97.1 Å². The van der Waals surface area contributed by atoms with E-state index < -0.39 is 17.7 Å². The lowest BCUT2D eigenvalue weighted by molar-refractivity contribution is -0.120. The molecule has 2 saturated carbocycles. The Labute approximate surface area is 370 Å². The highest BCUT2D eigenvalue weighted by atomic mass is 32.2. The molecular weight excluding hydrogens is 827 g/mol. The standard InChI is InChI=1S/C32H39FN6O2S.C12H11FN4O2.C2H6/c1-3-37(2)42-36-29-12-10-27(33)30(26(29)20-34)41-24-9-11-28-25(17-24)31(40)39(21-35-28)23-18-32(19-23)13-15-38(16-14-32)22-7-5-4-6-8-22;1-16-9-3-2-7(13)6-8(9)11(15-16)17-5-4-10(18)14-12(17)19;1-2/h9-12,17,21-23,36H,3-8,13-16,18-19H2,1-2H3;2-3,6H,4-5H2,1H3,(H,14,18,19);1-2H3. The predicted molar refractivity (Wildman–Crippen MR) is 243 cm³/mol. The SMILES string of the molecule is CC.CCN(C)SNc1ccc(F)c(Oc2ccc3ncn(C4CC5(CCN(C6CCCCC6)CC5)C4)c(=O)c3c2)c1C#N.Cn1nc(N2CCC(=O)NC2=O)c2cc(F)ccc21. The lowest BCUT2D eigenvalue weighted by atomic mass is 9.60. The van der Waals surface area contributed by atoms with E-state index in [0.717, 1.165) is 30.9 Å². The summed E-state index contributed by atoms with van der Waals surface area (Å²) in [6.07, 6.45) is 13.1. The molecule has 3 amide bonds. The Hall–Kier alpha value is -5.57. The zero-order valence-corrected chi connectivity index (χ0v) is 37.4. The number of urea groups is 1. The van der Waals surface area contributed by atoms with Gasteiger partial charge in [-0.2, -0.15) is 10.4 Å². The molecule has 334 valence electrons. The van der Waals surface area contributed by atoms with Gasteiger partial charge < -0.3 is 14.4 Å². The number of rotatable bonds is 9. The number of aromatic nitrogens is 4. The molecule has 63 heavy (non-hydrogen) atoms. The van der Waals surface area contributed by atoms with Crippen LogP contribution < -0.4 is 25.2 Å². The number of nitriles is 1. The van der Waals surface area contributed by atoms with Gasteiger partial charge >= 0.3 is 6.03 Å². The highest BCUT2D eigenvalue weighted by Crippen LogP contribution is 2.54. The number of carbonyl (C=O) groups is 2. The monoisotopic (exact) mass is 882 g/mol. The number of nitrogens with zero attached hydrogens (tertiary/aromatic N) is 8. The Morgan fingerprint density at radius 2 is 1.73 bits per heavy atom. The third kappa shape index (κ3) is 9.83. The number of imide groups is 1. The van der Waals surface area contributed by atoms with Gasteiger partial charge in [-0.3, -0.25) is 29.1 Å². The zero-order valence-electron chi connectivity index (χ0n) is 36.6. The maximum absolute atomic E-state index is 14.9. The minimum Gasteiger partial charge on any atom is -0.453 e. The van der Waals surface area contributed by atoms with Gasteiger partial charge in [0.05, 0.1) is 28.4 Å². The van der Waals surface area contributed by atoms with Crippen molar-refractivity contribution in [2.75, 3.05) is 42.8 Å². The van der Waals surface area contributed by atoms with Gasteiger partial charge in [-0.25, -0.2) is 22.9 Å². The van der Waals surface area contributed by atoms with E-state index >= 15 is 0 Å². The van der Waals surface area contributed by atoms with Gasteiger partial charge in [-0.05, 0) is 113 Å². The summed E-state index contributed by atoms with van der Waals surface area (Å²) in [4.78, 5) is 45.2. The van der Waals surface area contributed by atoms with Crippen molar-refractivity contribution in [3.63, 3.8) is 0 Å². The van der Waals surface area contributed by atoms with E-state index in [0.29, 0.717) is 33.2 Å². The molecule has 3 aromatic carbocycles. The number of carbonyl (C=O) groups excluding carboxylic acids is 2. The number of piperidine rings is 1. The number of hydrogen-bond donors (Lipinski definition) is 2. The van der Waals surface area contributed by atoms with Crippen LogP contribution in [0.25, 0.3) is 21.8 Å². The van der Waals surface area contributed by atoms with E-state index in [1.807, 2.05) is 32.1 Å². The number of anilines is 2. The average Bonchev–Trinajstić information content (AvgIpc) is 3.61. The summed E-state index contributed by atoms with van der Waals surface area (Å²) in [5.41, 5.74) is 2.02. The summed E-state index contributed by atoms with van der Waals surface area (Å²) in [6.45, 7) is 9.39. The van der Waals surface area contributed by atoms with E-state index in [4.69, 9.17) is 4.74 Å². The van der Waals surface area contributed by atoms with Crippen molar-refractivity contribution in [3.05, 3.63) is 82.4 Å². The molecular formula is C46H56F2N10O4S. The van der Waals surface area contributed by atoms with Gasteiger partial charge in [0, 0.05) is 56.2 Å². The Morgan fingerprint density at radius 3 is 2.43 bits per heavy atom. The molecule has 2 N–H and O–H groups in total. The molecule has 0 bridgehead atoms. The number of nitrogens with one attached hydrogen (secondary N) is 2. The van der Waals surface area contributed by atoms with Crippen LogP contribution in [0, 0.1) is 28.4 Å². The summed E-state index contributed by atoms with van der Waals surface area (Å²) >= 11 is 1.31. The summed E-state index contributed by atoms with van der Waals surface area (Å²) in [7, 11) is 3.63. The normalized spacial score (nSPS) is 18.0. The first-order chi connectivity index (χ1) is 30.5.